The van der Waals surface area contributed by atoms with E-state index in [0.717, 1.165) is 24.7 Å². The molecule has 1 aliphatic heterocycles. The van der Waals surface area contributed by atoms with Crippen LogP contribution in [0.5, 0.6) is 0 Å². The van der Waals surface area contributed by atoms with Gasteiger partial charge in [0.1, 0.15) is 5.82 Å². The Hall–Kier alpha value is -2.74. The number of carboxylic acid groups (broad SMARTS) is 1. The summed E-state index contributed by atoms with van der Waals surface area (Å²) in [4.78, 5) is 22.8. The minimum Gasteiger partial charge on any atom is -0.478 e. The molecule has 1 aromatic carbocycles. The Balaban J connectivity index is 1.53. The molecule has 132 valence electrons. The van der Waals surface area contributed by atoms with Gasteiger partial charge in [0.25, 0.3) is 5.91 Å². The fraction of sp³-hybridized carbons (Fsp3) is 0.353. The number of hydrogen-bond acceptors (Lipinski definition) is 4. The lowest BCUT2D eigenvalue weighted by Crippen LogP contribution is -2.28. The van der Waals surface area contributed by atoms with Crippen LogP contribution in [0.2, 0.25) is 0 Å². The van der Waals surface area contributed by atoms with Crippen molar-refractivity contribution in [3.05, 3.63) is 53.1 Å². The molecule has 1 aromatic heterocycles. The molecule has 0 radical (unpaired) electrons. The summed E-state index contributed by atoms with van der Waals surface area (Å²) < 4.78 is 20.9. The van der Waals surface area contributed by atoms with E-state index >= 15 is 0 Å². The van der Waals surface area contributed by atoms with Crippen molar-refractivity contribution in [3.63, 3.8) is 0 Å². The fourth-order valence-electron chi connectivity index (χ4n) is 2.72. The van der Waals surface area contributed by atoms with Crippen molar-refractivity contribution in [1.29, 1.82) is 0 Å². The summed E-state index contributed by atoms with van der Waals surface area (Å²) in [5.41, 5.74) is 0.724. The van der Waals surface area contributed by atoms with Gasteiger partial charge in [-0.25, -0.2) is 9.18 Å². The van der Waals surface area contributed by atoms with Gasteiger partial charge >= 0.3 is 5.97 Å². The number of aromatic nitrogens is 2. The van der Waals surface area contributed by atoms with E-state index in [-0.39, 0.29) is 17.7 Å². The van der Waals surface area contributed by atoms with Crippen molar-refractivity contribution in [1.82, 2.24) is 15.1 Å². The minimum absolute atomic E-state index is 0.186. The van der Waals surface area contributed by atoms with Gasteiger partial charge in [-0.1, -0.05) is 0 Å². The zero-order valence-corrected chi connectivity index (χ0v) is 13.4. The average molecular weight is 347 g/mol. The molecule has 1 amide bonds. The standard InChI is InChI=1S/C17H18FN3O4/c18-15-7-11(17(23)24)1-2-14(15)16(22)19-4-5-21-9-13(8-20-21)12-3-6-25-10-12/h1-2,7-9,12H,3-6,10H2,(H,19,22)(H,23,24). The van der Waals surface area contributed by atoms with E-state index < -0.39 is 17.7 Å². The van der Waals surface area contributed by atoms with Gasteiger partial charge in [0.15, 0.2) is 0 Å². The molecule has 2 N–H and O–H groups in total. The maximum absolute atomic E-state index is 13.8. The van der Waals surface area contributed by atoms with Crippen molar-refractivity contribution < 1.29 is 23.8 Å². The van der Waals surface area contributed by atoms with E-state index in [9.17, 15) is 14.0 Å². The second-order valence-corrected chi connectivity index (χ2v) is 5.85. The molecule has 2 aromatic rings. The number of carbonyl (C=O) groups excluding carboxylic acids is 1. The van der Waals surface area contributed by atoms with E-state index in [1.807, 2.05) is 6.20 Å². The zero-order chi connectivity index (χ0) is 17.8. The quantitative estimate of drug-likeness (QED) is 0.829. The number of carboxylic acids is 1. The van der Waals surface area contributed by atoms with E-state index in [0.29, 0.717) is 19.1 Å². The highest BCUT2D eigenvalue weighted by Crippen LogP contribution is 2.24. The van der Waals surface area contributed by atoms with Crippen LogP contribution in [-0.2, 0) is 11.3 Å². The summed E-state index contributed by atoms with van der Waals surface area (Å²) in [6.07, 6.45) is 4.70. The van der Waals surface area contributed by atoms with Crippen molar-refractivity contribution in [2.45, 2.75) is 18.9 Å². The van der Waals surface area contributed by atoms with Gasteiger partial charge in [-0.3, -0.25) is 9.48 Å². The Kier molecular flexibility index (Phi) is 5.08. The van der Waals surface area contributed by atoms with Crippen molar-refractivity contribution in [2.75, 3.05) is 19.8 Å². The molecule has 0 bridgehead atoms. The van der Waals surface area contributed by atoms with Crippen LogP contribution in [0.15, 0.2) is 30.6 Å². The van der Waals surface area contributed by atoms with Crippen LogP contribution in [0.4, 0.5) is 4.39 Å². The number of ether oxygens (including phenoxy) is 1. The highest BCUT2D eigenvalue weighted by molar-refractivity contribution is 5.96. The highest BCUT2D eigenvalue weighted by Gasteiger charge is 2.19. The molecule has 8 heteroatoms. The molecule has 2 heterocycles. The second kappa shape index (κ2) is 7.43. The van der Waals surface area contributed by atoms with Crippen molar-refractivity contribution in [2.24, 2.45) is 0 Å². The third kappa shape index (κ3) is 4.03. The average Bonchev–Trinajstić information content (AvgIpc) is 3.25. The first kappa shape index (κ1) is 17.1. The number of amides is 1. The molecular formula is C17H18FN3O4. The third-order valence-corrected chi connectivity index (χ3v) is 4.14. The molecule has 1 saturated heterocycles. The van der Waals surface area contributed by atoms with Crippen LogP contribution in [0, 0.1) is 5.82 Å². The first-order chi connectivity index (χ1) is 12.0. The number of nitrogens with zero attached hydrogens (tertiary/aromatic N) is 2. The summed E-state index contributed by atoms with van der Waals surface area (Å²) in [5.74, 6) is -2.33. The summed E-state index contributed by atoms with van der Waals surface area (Å²) in [6.45, 7) is 2.20. The predicted molar refractivity (Wildman–Crippen MR) is 86.1 cm³/mol. The summed E-state index contributed by atoms with van der Waals surface area (Å²) in [6, 6.07) is 3.20. The normalized spacial score (nSPS) is 16.8. The summed E-state index contributed by atoms with van der Waals surface area (Å²) in [5, 5.41) is 15.7. The Morgan fingerprint density at radius 1 is 1.44 bits per heavy atom. The monoisotopic (exact) mass is 347 g/mol. The lowest BCUT2D eigenvalue weighted by Gasteiger charge is -2.07. The highest BCUT2D eigenvalue weighted by atomic mass is 19.1. The lowest BCUT2D eigenvalue weighted by molar-refractivity contribution is 0.0695. The lowest BCUT2D eigenvalue weighted by atomic mass is 10.0. The molecule has 1 fully saturated rings. The summed E-state index contributed by atoms with van der Waals surface area (Å²) in [7, 11) is 0. The topological polar surface area (TPSA) is 93.4 Å². The molecule has 3 rings (SSSR count). The number of rotatable bonds is 6. The third-order valence-electron chi connectivity index (χ3n) is 4.14. The maximum atomic E-state index is 13.8. The molecule has 0 saturated carbocycles. The van der Waals surface area contributed by atoms with Crippen LogP contribution < -0.4 is 5.32 Å². The minimum atomic E-state index is -1.24. The number of aromatic carboxylic acids is 1. The van der Waals surface area contributed by atoms with Gasteiger partial charge in [-0.15, -0.1) is 0 Å². The first-order valence-corrected chi connectivity index (χ1v) is 7.95. The van der Waals surface area contributed by atoms with Crippen LogP contribution in [-0.4, -0.2) is 46.5 Å². The van der Waals surface area contributed by atoms with Crippen LogP contribution >= 0.6 is 0 Å². The van der Waals surface area contributed by atoms with Gasteiger partial charge in [0.2, 0.25) is 0 Å². The molecule has 25 heavy (non-hydrogen) atoms. The van der Waals surface area contributed by atoms with Crippen LogP contribution in [0.3, 0.4) is 0 Å². The van der Waals surface area contributed by atoms with Gasteiger partial charge in [-0.05, 0) is 30.2 Å². The smallest absolute Gasteiger partial charge is 0.335 e. The summed E-state index contributed by atoms with van der Waals surface area (Å²) >= 11 is 0. The Bertz CT molecular complexity index is 784. The Labute approximate surface area is 143 Å². The Morgan fingerprint density at radius 2 is 2.28 bits per heavy atom. The number of hydrogen-bond donors (Lipinski definition) is 2. The molecule has 1 aliphatic rings. The van der Waals surface area contributed by atoms with E-state index in [1.165, 1.54) is 12.1 Å². The van der Waals surface area contributed by atoms with Gasteiger partial charge in [0.05, 0.1) is 30.5 Å². The van der Waals surface area contributed by atoms with Crippen molar-refractivity contribution >= 4 is 11.9 Å². The molecule has 0 aliphatic carbocycles. The SMILES string of the molecule is O=C(O)c1ccc(C(=O)NCCn2cc(C3CCOC3)cn2)c(F)c1. The molecule has 1 unspecified atom stereocenters. The van der Waals surface area contributed by atoms with Crippen LogP contribution in [0.1, 0.15) is 38.6 Å². The molecule has 1 atom stereocenters. The van der Waals surface area contributed by atoms with Crippen LogP contribution in [0.25, 0.3) is 0 Å². The van der Waals surface area contributed by atoms with Crippen molar-refractivity contribution in [3.8, 4) is 0 Å². The van der Waals surface area contributed by atoms with E-state index in [2.05, 4.69) is 10.4 Å². The Morgan fingerprint density at radius 3 is 2.96 bits per heavy atom. The fourth-order valence-corrected chi connectivity index (χ4v) is 2.72. The zero-order valence-electron chi connectivity index (χ0n) is 13.4. The number of nitrogens with one attached hydrogen (secondary N) is 1. The largest absolute Gasteiger partial charge is 0.478 e. The first-order valence-electron chi connectivity index (χ1n) is 7.95. The number of benzene rings is 1. The van der Waals surface area contributed by atoms with Gasteiger partial charge in [-0.2, -0.15) is 5.10 Å². The number of carbonyl (C=O) groups is 2. The molecular weight excluding hydrogens is 329 g/mol. The van der Waals surface area contributed by atoms with E-state index in [4.69, 9.17) is 9.84 Å². The molecule has 0 spiro atoms. The van der Waals surface area contributed by atoms with Gasteiger partial charge < -0.3 is 15.2 Å². The maximum Gasteiger partial charge on any atom is 0.335 e. The number of halogens is 1. The predicted octanol–water partition coefficient (Wildman–Crippen LogP) is 1.65. The molecule has 7 nitrogen and oxygen atoms in total. The van der Waals surface area contributed by atoms with E-state index in [1.54, 1.807) is 10.9 Å². The second-order valence-electron chi connectivity index (χ2n) is 5.85. The van der Waals surface area contributed by atoms with Gasteiger partial charge in [0, 0.05) is 25.3 Å².